The summed E-state index contributed by atoms with van der Waals surface area (Å²) in [6, 6.07) is 1.80. The molecule has 1 aliphatic heterocycles. The summed E-state index contributed by atoms with van der Waals surface area (Å²) < 4.78 is 3.25. The van der Waals surface area contributed by atoms with Crippen molar-refractivity contribution in [1.29, 1.82) is 0 Å². The SMILES string of the molecule is Cn1ccnc(CN2CCC(Cn3nc4c(cc3=O)CCCC4)CC2)c1=O. The topological polar surface area (TPSA) is 73.0 Å². The number of rotatable bonds is 4. The minimum Gasteiger partial charge on any atom is -0.315 e. The molecule has 0 unspecified atom stereocenters. The van der Waals surface area contributed by atoms with Crippen molar-refractivity contribution in [2.24, 2.45) is 13.0 Å². The molecule has 0 bridgehead atoms. The lowest BCUT2D eigenvalue weighted by atomic mass is 9.95. The zero-order valence-corrected chi connectivity index (χ0v) is 15.9. The Labute approximate surface area is 158 Å². The summed E-state index contributed by atoms with van der Waals surface area (Å²) in [5, 5.41) is 4.65. The fraction of sp³-hybridized carbons (Fsp3) is 0.600. The van der Waals surface area contributed by atoms with Crippen LogP contribution in [0.5, 0.6) is 0 Å². The van der Waals surface area contributed by atoms with Gasteiger partial charge in [0.1, 0.15) is 5.69 Å². The lowest BCUT2D eigenvalue weighted by molar-refractivity contribution is 0.161. The maximum Gasteiger partial charge on any atom is 0.273 e. The molecule has 2 aromatic heterocycles. The Morgan fingerprint density at radius 2 is 1.93 bits per heavy atom. The number of hydrogen-bond acceptors (Lipinski definition) is 5. The highest BCUT2D eigenvalue weighted by atomic mass is 16.1. The zero-order valence-electron chi connectivity index (χ0n) is 15.9. The minimum atomic E-state index is -0.0237. The van der Waals surface area contributed by atoms with Crippen molar-refractivity contribution < 1.29 is 0 Å². The predicted octanol–water partition coefficient (Wildman–Crippen LogP) is 1.13. The van der Waals surface area contributed by atoms with Crippen LogP contribution in [0.3, 0.4) is 0 Å². The van der Waals surface area contributed by atoms with Gasteiger partial charge in [0, 0.05) is 38.6 Å². The summed E-state index contributed by atoms with van der Waals surface area (Å²) in [6.07, 6.45) is 9.70. The second-order valence-corrected chi connectivity index (χ2v) is 7.85. The Hall–Kier alpha value is -2.28. The van der Waals surface area contributed by atoms with Crippen LogP contribution in [0.4, 0.5) is 0 Å². The van der Waals surface area contributed by atoms with Crippen molar-refractivity contribution in [2.75, 3.05) is 13.1 Å². The van der Waals surface area contributed by atoms with E-state index in [-0.39, 0.29) is 11.1 Å². The number of likely N-dealkylation sites (tertiary alicyclic amines) is 1. The van der Waals surface area contributed by atoms with E-state index in [0.29, 0.717) is 24.7 Å². The molecule has 0 spiro atoms. The Morgan fingerprint density at radius 1 is 1.15 bits per heavy atom. The van der Waals surface area contributed by atoms with Gasteiger partial charge in [0.2, 0.25) is 0 Å². The smallest absolute Gasteiger partial charge is 0.273 e. The first kappa shape index (κ1) is 18.1. The van der Waals surface area contributed by atoms with Crippen LogP contribution in [0.15, 0.2) is 28.0 Å². The van der Waals surface area contributed by atoms with E-state index >= 15 is 0 Å². The summed E-state index contributed by atoms with van der Waals surface area (Å²) in [7, 11) is 1.75. The van der Waals surface area contributed by atoms with E-state index in [9.17, 15) is 9.59 Å². The fourth-order valence-corrected chi connectivity index (χ4v) is 4.17. The molecule has 0 N–H and O–H groups in total. The van der Waals surface area contributed by atoms with E-state index in [1.807, 2.05) is 0 Å². The highest BCUT2D eigenvalue weighted by Crippen LogP contribution is 2.21. The second kappa shape index (κ2) is 7.76. The maximum absolute atomic E-state index is 12.4. The molecule has 0 aromatic carbocycles. The molecule has 3 heterocycles. The van der Waals surface area contributed by atoms with Gasteiger partial charge < -0.3 is 4.57 Å². The summed E-state index contributed by atoms with van der Waals surface area (Å²) >= 11 is 0. The molecule has 2 aliphatic rings. The van der Waals surface area contributed by atoms with E-state index in [1.165, 1.54) is 6.42 Å². The van der Waals surface area contributed by atoms with Crippen molar-refractivity contribution in [3.8, 4) is 0 Å². The van der Waals surface area contributed by atoms with Crippen LogP contribution in [0.1, 0.15) is 42.6 Å². The molecule has 0 amide bonds. The van der Waals surface area contributed by atoms with Gasteiger partial charge in [-0.15, -0.1) is 0 Å². The predicted molar refractivity (Wildman–Crippen MR) is 103 cm³/mol. The third-order valence-electron chi connectivity index (χ3n) is 5.87. The minimum absolute atomic E-state index is 0.0237. The first-order valence-corrected chi connectivity index (χ1v) is 9.93. The highest BCUT2D eigenvalue weighted by Gasteiger charge is 2.22. The van der Waals surface area contributed by atoms with Crippen molar-refractivity contribution in [3.63, 3.8) is 0 Å². The summed E-state index contributed by atoms with van der Waals surface area (Å²) in [4.78, 5) is 31.0. The van der Waals surface area contributed by atoms with Crippen LogP contribution < -0.4 is 11.1 Å². The van der Waals surface area contributed by atoms with Crippen molar-refractivity contribution in [3.05, 3.63) is 56.1 Å². The third-order valence-corrected chi connectivity index (χ3v) is 5.87. The highest BCUT2D eigenvalue weighted by molar-refractivity contribution is 5.20. The van der Waals surface area contributed by atoms with Gasteiger partial charge in [-0.2, -0.15) is 5.10 Å². The average molecular weight is 369 g/mol. The van der Waals surface area contributed by atoms with Gasteiger partial charge in [0.25, 0.3) is 11.1 Å². The molecule has 144 valence electrons. The largest absolute Gasteiger partial charge is 0.315 e. The molecule has 0 radical (unpaired) electrons. The van der Waals surface area contributed by atoms with Gasteiger partial charge in [0.15, 0.2) is 0 Å². The van der Waals surface area contributed by atoms with Gasteiger partial charge in [-0.3, -0.25) is 19.5 Å². The molecule has 1 saturated heterocycles. The summed E-state index contributed by atoms with van der Waals surface area (Å²) in [5.74, 6) is 0.458. The molecule has 1 fully saturated rings. The third kappa shape index (κ3) is 4.03. The lowest BCUT2D eigenvalue weighted by Crippen LogP contribution is -2.38. The van der Waals surface area contributed by atoms with E-state index in [2.05, 4.69) is 15.0 Å². The number of piperidine rings is 1. The molecule has 27 heavy (non-hydrogen) atoms. The second-order valence-electron chi connectivity index (χ2n) is 7.85. The Kier molecular flexibility index (Phi) is 5.20. The van der Waals surface area contributed by atoms with Crippen LogP contribution in [0.25, 0.3) is 0 Å². The molecule has 7 heteroatoms. The van der Waals surface area contributed by atoms with Gasteiger partial charge in [0.05, 0.1) is 5.69 Å². The Morgan fingerprint density at radius 3 is 2.74 bits per heavy atom. The molecule has 2 aromatic rings. The number of nitrogens with zero attached hydrogens (tertiary/aromatic N) is 5. The maximum atomic E-state index is 12.4. The van der Waals surface area contributed by atoms with Crippen LogP contribution >= 0.6 is 0 Å². The number of aryl methyl sites for hydroxylation is 3. The van der Waals surface area contributed by atoms with E-state index in [4.69, 9.17) is 0 Å². The van der Waals surface area contributed by atoms with Crippen molar-refractivity contribution in [2.45, 2.75) is 51.6 Å². The van der Waals surface area contributed by atoms with Crippen molar-refractivity contribution >= 4 is 0 Å². The molecular formula is C20H27N5O2. The number of hydrogen-bond donors (Lipinski definition) is 0. The molecule has 0 saturated carbocycles. The zero-order chi connectivity index (χ0) is 18.8. The molecule has 1 aliphatic carbocycles. The first-order chi connectivity index (χ1) is 13.1. The molecular weight excluding hydrogens is 342 g/mol. The standard InChI is InChI=1S/C20H27N5O2/c1-23-11-8-21-18(20(23)27)14-24-9-6-15(7-10-24)13-25-19(26)12-16-4-2-3-5-17(16)22-25/h8,11-12,15H,2-7,9-10,13-14H2,1H3. The van der Waals surface area contributed by atoms with Gasteiger partial charge in [-0.25, -0.2) is 4.68 Å². The van der Waals surface area contributed by atoms with Gasteiger partial charge in [-0.1, -0.05) is 0 Å². The van der Waals surface area contributed by atoms with Crippen LogP contribution in [0, 0.1) is 5.92 Å². The van der Waals surface area contributed by atoms with Crippen LogP contribution in [0.2, 0.25) is 0 Å². The molecule has 7 nitrogen and oxygen atoms in total. The fourth-order valence-electron chi connectivity index (χ4n) is 4.17. The normalized spacial score (nSPS) is 18.4. The summed E-state index contributed by atoms with van der Waals surface area (Å²) in [5.41, 5.74) is 2.88. The van der Waals surface area contributed by atoms with Crippen LogP contribution in [-0.4, -0.2) is 37.3 Å². The first-order valence-electron chi connectivity index (χ1n) is 9.93. The van der Waals surface area contributed by atoms with Gasteiger partial charge >= 0.3 is 0 Å². The average Bonchev–Trinajstić information content (AvgIpc) is 2.67. The monoisotopic (exact) mass is 369 g/mol. The quantitative estimate of drug-likeness (QED) is 0.808. The molecule has 0 atom stereocenters. The van der Waals surface area contributed by atoms with E-state index in [1.54, 1.807) is 34.8 Å². The number of aromatic nitrogens is 4. The lowest BCUT2D eigenvalue weighted by Gasteiger charge is -2.31. The van der Waals surface area contributed by atoms with E-state index in [0.717, 1.165) is 56.5 Å². The Balaban J connectivity index is 1.36. The van der Waals surface area contributed by atoms with Crippen molar-refractivity contribution in [1.82, 2.24) is 24.2 Å². The number of fused-ring (bicyclic) bond motifs is 1. The van der Waals surface area contributed by atoms with E-state index < -0.39 is 0 Å². The molecule has 4 rings (SSSR count). The Bertz CT molecular complexity index is 925. The van der Waals surface area contributed by atoms with Gasteiger partial charge in [-0.05, 0) is 63.1 Å². The van der Waals surface area contributed by atoms with Crippen LogP contribution in [-0.2, 0) is 33.0 Å². The summed E-state index contributed by atoms with van der Waals surface area (Å²) in [6.45, 7) is 3.14.